The topological polar surface area (TPSA) is 59.2 Å². The van der Waals surface area contributed by atoms with E-state index in [0.29, 0.717) is 13.1 Å². The molecule has 0 aromatic carbocycles. The molecule has 0 aliphatic carbocycles. The molecule has 0 bridgehead atoms. The van der Waals surface area contributed by atoms with Crippen LogP contribution < -0.4 is 5.73 Å². The number of carbonyl (C=O) groups excluding carboxylic acids is 1. The van der Waals surface area contributed by atoms with Gasteiger partial charge in [-0.3, -0.25) is 4.79 Å². The Labute approximate surface area is 138 Å². The highest BCUT2D eigenvalue weighted by Crippen LogP contribution is 2.37. The lowest BCUT2D eigenvalue weighted by Crippen LogP contribution is -2.40. The minimum absolute atomic E-state index is 0. The number of aromatic nitrogens is 1. The molecule has 126 valence electrons. The maximum Gasteiger partial charge on any atom is 0.447 e. The number of nitrogens with two attached hydrogens (primary N) is 1. The van der Waals surface area contributed by atoms with E-state index in [9.17, 15) is 18.0 Å². The molecule has 0 unspecified atom stereocenters. The molecule has 1 amide bonds. The van der Waals surface area contributed by atoms with Crippen LogP contribution in [-0.4, -0.2) is 41.4 Å². The maximum absolute atomic E-state index is 12.5. The minimum atomic E-state index is -4.49. The Hall–Kier alpha value is -0.990. The van der Waals surface area contributed by atoms with Crippen LogP contribution in [0.1, 0.15) is 24.2 Å². The molecular formula is C13H19ClF3N3OS. The first-order valence-corrected chi connectivity index (χ1v) is 7.04. The third-order valence-electron chi connectivity index (χ3n) is 2.78. The summed E-state index contributed by atoms with van der Waals surface area (Å²) in [5, 5.41) is -0.340. The van der Waals surface area contributed by atoms with Crippen molar-refractivity contribution in [2.45, 2.75) is 24.4 Å². The summed E-state index contributed by atoms with van der Waals surface area (Å²) in [6, 6.07) is 2.78. The van der Waals surface area contributed by atoms with Gasteiger partial charge >= 0.3 is 5.51 Å². The van der Waals surface area contributed by atoms with Crippen LogP contribution in [0.25, 0.3) is 0 Å². The van der Waals surface area contributed by atoms with Gasteiger partial charge in [0.2, 0.25) is 0 Å². The monoisotopic (exact) mass is 357 g/mol. The van der Waals surface area contributed by atoms with Gasteiger partial charge in [0.15, 0.2) is 0 Å². The lowest BCUT2D eigenvalue weighted by atomic mass is 9.93. The van der Waals surface area contributed by atoms with Crippen LogP contribution in [0.2, 0.25) is 0 Å². The van der Waals surface area contributed by atoms with E-state index in [1.807, 2.05) is 13.8 Å². The zero-order valence-electron chi connectivity index (χ0n) is 12.5. The molecule has 0 atom stereocenters. The summed E-state index contributed by atoms with van der Waals surface area (Å²) < 4.78 is 37.5. The van der Waals surface area contributed by atoms with Crippen LogP contribution in [0.15, 0.2) is 23.4 Å². The van der Waals surface area contributed by atoms with Gasteiger partial charge in [0.05, 0.1) is 5.56 Å². The fraction of sp³-hybridized carbons (Fsp3) is 0.538. The number of hydrogen-bond donors (Lipinski definition) is 1. The fourth-order valence-corrected chi connectivity index (χ4v) is 2.33. The van der Waals surface area contributed by atoms with Crippen molar-refractivity contribution >= 4 is 30.1 Å². The highest BCUT2D eigenvalue weighted by Gasteiger charge is 2.33. The van der Waals surface area contributed by atoms with E-state index in [4.69, 9.17) is 5.73 Å². The third-order valence-corrected chi connectivity index (χ3v) is 3.53. The van der Waals surface area contributed by atoms with Crippen LogP contribution in [0.3, 0.4) is 0 Å². The number of nitrogens with zero attached hydrogens (tertiary/aromatic N) is 2. The lowest BCUT2D eigenvalue weighted by Gasteiger charge is -2.29. The molecule has 0 aliphatic heterocycles. The average Bonchev–Trinajstić information content (AvgIpc) is 2.36. The van der Waals surface area contributed by atoms with Gasteiger partial charge in [0.1, 0.15) is 5.03 Å². The smallest absolute Gasteiger partial charge is 0.341 e. The van der Waals surface area contributed by atoms with Crippen LogP contribution in [0.4, 0.5) is 13.2 Å². The summed E-state index contributed by atoms with van der Waals surface area (Å²) in [5.74, 6) is -0.503. The van der Waals surface area contributed by atoms with Crippen molar-refractivity contribution in [1.82, 2.24) is 9.88 Å². The molecule has 1 aromatic rings. The Balaban J connectivity index is 0.00000441. The Morgan fingerprint density at radius 3 is 2.50 bits per heavy atom. The normalized spacial score (nSPS) is 11.8. The predicted octanol–water partition coefficient (Wildman–Crippen LogP) is 3.17. The van der Waals surface area contributed by atoms with Crippen LogP contribution in [-0.2, 0) is 0 Å². The summed E-state index contributed by atoms with van der Waals surface area (Å²) in [6.45, 7) is 4.46. The predicted molar refractivity (Wildman–Crippen MR) is 83.2 cm³/mol. The molecule has 9 heteroatoms. The van der Waals surface area contributed by atoms with Crippen molar-refractivity contribution in [3.05, 3.63) is 23.9 Å². The molecule has 1 heterocycles. The van der Waals surface area contributed by atoms with Gasteiger partial charge in [0, 0.05) is 31.6 Å². The largest absolute Gasteiger partial charge is 0.447 e. The Bertz CT molecular complexity index is 512. The van der Waals surface area contributed by atoms with E-state index in [2.05, 4.69) is 4.98 Å². The molecule has 0 saturated heterocycles. The van der Waals surface area contributed by atoms with Gasteiger partial charge in [-0.25, -0.2) is 4.98 Å². The zero-order valence-corrected chi connectivity index (χ0v) is 14.1. The number of hydrogen-bond acceptors (Lipinski definition) is 4. The SMILES string of the molecule is CN(CC(C)(C)CN)C(=O)c1cccnc1SC(F)(F)F.Cl. The van der Waals surface area contributed by atoms with Crippen LogP contribution in [0, 0.1) is 5.41 Å². The van der Waals surface area contributed by atoms with E-state index < -0.39 is 11.4 Å². The number of carbonyl (C=O) groups is 1. The van der Waals surface area contributed by atoms with Crippen molar-refractivity contribution in [2.24, 2.45) is 11.1 Å². The Kier molecular flexibility index (Phi) is 7.67. The van der Waals surface area contributed by atoms with Gasteiger partial charge in [-0.1, -0.05) is 13.8 Å². The number of pyridine rings is 1. The summed E-state index contributed by atoms with van der Waals surface area (Å²) in [5.41, 5.74) is 0.740. The maximum atomic E-state index is 12.5. The Morgan fingerprint density at radius 2 is 2.00 bits per heavy atom. The van der Waals surface area contributed by atoms with Gasteiger partial charge in [0.25, 0.3) is 5.91 Å². The molecule has 1 rings (SSSR count). The highest BCUT2D eigenvalue weighted by molar-refractivity contribution is 8.00. The van der Waals surface area contributed by atoms with E-state index in [-0.39, 0.29) is 40.2 Å². The van der Waals surface area contributed by atoms with Gasteiger partial charge in [-0.2, -0.15) is 13.2 Å². The van der Waals surface area contributed by atoms with Crippen molar-refractivity contribution < 1.29 is 18.0 Å². The summed E-state index contributed by atoms with van der Waals surface area (Å²) in [6.07, 6.45) is 1.23. The number of thioether (sulfide) groups is 1. The summed E-state index contributed by atoms with van der Waals surface area (Å²) in [7, 11) is 1.54. The second-order valence-corrected chi connectivity index (χ2v) is 6.49. The fourth-order valence-electron chi connectivity index (χ4n) is 1.73. The first kappa shape index (κ1) is 21.0. The van der Waals surface area contributed by atoms with Crippen molar-refractivity contribution in [2.75, 3.05) is 20.1 Å². The zero-order chi connectivity index (χ0) is 16.3. The second kappa shape index (κ2) is 8.03. The molecule has 4 nitrogen and oxygen atoms in total. The van der Waals surface area contributed by atoms with Gasteiger partial charge in [-0.05, 0) is 24.1 Å². The molecule has 22 heavy (non-hydrogen) atoms. The van der Waals surface area contributed by atoms with E-state index in [1.165, 1.54) is 30.3 Å². The van der Waals surface area contributed by atoms with Crippen molar-refractivity contribution in [3.63, 3.8) is 0 Å². The first-order valence-electron chi connectivity index (χ1n) is 6.22. The number of amides is 1. The second-order valence-electron chi connectivity index (χ2n) is 5.43. The average molecular weight is 358 g/mol. The molecular weight excluding hydrogens is 339 g/mol. The molecule has 2 N–H and O–H groups in total. The number of halogens is 4. The molecule has 0 spiro atoms. The molecule has 0 saturated carbocycles. The molecule has 1 aromatic heterocycles. The van der Waals surface area contributed by atoms with Gasteiger partial charge in [-0.15, -0.1) is 12.4 Å². The number of alkyl halides is 3. The van der Waals surface area contributed by atoms with Crippen LogP contribution >= 0.6 is 24.2 Å². The van der Waals surface area contributed by atoms with Crippen LogP contribution in [0.5, 0.6) is 0 Å². The molecule has 0 aliphatic rings. The highest BCUT2D eigenvalue weighted by atomic mass is 35.5. The van der Waals surface area contributed by atoms with Crippen molar-refractivity contribution in [3.8, 4) is 0 Å². The lowest BCUT2D eigenvalue weighted by molar-refractivity contribution is -0.0329. The standard InChI is InChI=1S/C13H18F3N3OS.ClH/c1-12(2,7-17)8-19(3)11(20)9-5-4-6-18-10(9)21-13(14,15)16;/h4-6H,7-8,17H2,1-3H3;1H. The first-order chi connectivity index (χ1) is 9.56. The van der Waals surface area contributed by atoms with E-state index >= 15 is 0 Å². The minimum Gasteiger partial charge on any atom is -0.341 e. The van der Waals surface area contributed by atoms with Gasteiger partial charge < -0.3 is 10.6 Å². The Morgan fingerprint density at radius 1 is 1.41 bits per heavy atom. The van der Waals surface area contributed by atoms with Crippen molar-refractivity contribution in [1.29, 1.82) is 0 Å². The molecule has 0 radical (unpaired) electrons. The molecule has 0 fully saturated rings. The summed E-state index contributed by atoms with van der Waals surface area (Å²) >= 11 is -0.386. The van der Waals surface area contributed by atoms with E-state index in [0.717, 1.165) is 0 Å². The third kappa shape index (κ3) is 6.41. The quantitative estimate of drug-likeness (QED) is 0.822. The summed E-state index contributed by atoms with van der Waals surface area (Å²) in [4.78, 5) is 17.3. The van der Waals surface area contributed by atoms with E-state index in [1.54, 1.807) is 0 Å². The number of rotatable bonds is 5.